The lowest BCUT2D eigenvalue weighted by atomic mass is 9.85. The summed E-state index contributed by atoms with van der Waals surface area (Å²) >= 11 is 0. The molecular weight excluding hydrogens is 725 g/mol. The van der Waals surface area contributed by atoms with Gasteiger partial charge in [0, 0.05) is 44.8 Å². The normalized spacial score (nSPS) is 15.8. The third-order valence-electron chi connectivity index (χ3n) is 13.3. The van der Waals surface area contributed by atoms with Gasteiger partial charge in [-0.2, -0.15) is 0 Å². The minimum atomic E-state index is 0.123. The van der Waals surface area contributed by atoms with Crippen LogP contribution in [-0.2, 0) is 0 Å². The van der Waals surface area contributed by atoms with E-state index in [-0.39, 0.29) is 11.8 Å². The van der Waals surface area contributed by atoms with E-state index in [0.717, 1.165) is 5.69 Å². The van der Waals surface area contributed by atoms with Gasteiger partial charge in [0.15, 0.2) is 0 Å². The number of rotatable bonds is 5. The fourth-order valence-electron chi connectivity index (χ4n) is 10.7. The van der Waals surface area contributed by atoms with Gasteiger partial charge >= 0.3 is 0 Å². The summed E-state index contributed by atoms with van der Waals surface area (Å²) in [5.74, 6) is 0.286. The number of hydrogen-bond donors (Lipinski definition) is 0. The summed E-state index contributed by atoms with van der Waals surface area (Å²) < 4.78 is 4.95. The highest BCUT2D eigenvalue weighted by atomic mass is 15.0. The predicted molar refractivity (Wildman–Crippen MR) is 251 cm³/mol. The molecule has 2 heterocycles. The summed E-state index contributed by atoms with van der Waals surface area (Å²) in [5, 5.41) is 5.05. The maximum absolute atomic E-state index is 2.51. The van der Waals surface area contributed by atoms with Crippen molar-refractivity contribution in [1.29, 1.82) is 0 Å². The van der Waals surface area contributed by atoms with Crippen LogP contribution in [0.15, 0.2) is 224 Å². The highest BCUT2D eigenvalue weighted by Gasteiger charge is 2.32. The van der Waals surface area contributed by atoms with Crippen LogP contribution in [-0.4, -0.2) is 9.13 Å². The highest BCUT2D eigenvalue weighted by molar-refractivity contribution is 6.14. The first-order valence-electron chi connectivity index (χ1n) is 21.0. The molecule has 0 N–H and O–H groups in total. The largest absolute Gasteiger partial charge is 0.310 e. The van der Waals surface area contributed by atoms with Crippen molar-refractivity contribution in [3.05, 3.63) is 252 Å². The maximum atomic E-state index is 2.51. The van der Waals surface area contributed by atoms with Crippen molar-refractivity contribution >= 4 is 60.5 Å². The molecule has 0 saturated carbocycles. The molecule has 3 aliphatic carbocycles. The number of allylic oxidation sites excluding steroid dienone is 8. The van der Waals surface area contributed by atoms with Crippen molar-refractivity contribution in [3.8, 4) is 16.8 Å². The van der Waals surface area contributed by atoms with Crippen molar-refractivity contribution in [2.45, 2.75) is 5.92 Å². The predicted octanol–water partition coefficient (Wildman–Crippen LogP) is 14.6. The van der Waals surface area contributed by atoms with Crippen LogP contribution in [0.1, 0.15) is 33.7 Å². The van der Waals surface area contributed by atoms with Crippen LogP contribution in [0, 0.1) is 5.92 Å². The second-order valence-electron chi connectivity index (χ2n) is 16.4. The van der Waals surface area contributed by atoms with E-state index in [1.54, 1.807) is 0 Å². The molecule has 3 aliphatic rings. The first kappa shape index (κ1) is 33.3. The third kappa shape index (κ3) is 4.82. The van der Waals surface area contributed by atoms with Gasteiger partial charge in [0.25, 0.3) is 0 Å². The molecule has 0 fully saturated rings. The fourth-order valence-corrected chi connectivity index (χ4v) is 10.7. The lowest BCUT2D eigenvalue weighted by molar-refractivity contribution is 1.01. The summed E-state index contributed by atoms with van der Waals surface area (Å²) in [5.41, 5.74) is 20.4. The van der Waals surface area contributed by atoms with E-state index in [0.29, 0.717) is 0 Å². The van der Waals surface area contributed by atoms with Crippen LogP contribution in [0.25, 0.3) is 77.3 Å². The van der Waals surface area contributed by atoms with Gasteiger partial charge in [-0.15, -0.1) is 0 Å². The fraction of sp³-hybridized carbons (Fsp3) is 0.0345. The number of para-hydroxylation sites is 2. The zero-order chi connectivity index (χ0) is 39.3. The van der Waals surface area contributed by atoms with E-state index >= 15 is 0 Å². The van der Waals surface area contributed by atoms with Crippen LogP contribution in [0.3, 0.4) is 0 Å². The van der Waals surface area contributed by atoms with Gasteiger partial charge in [0.2, 0.25) is 0 Å². The van der Waals surface area contributed by atoms with Gasteiger partial charge in [0.05, 0.1) is 22.1 Å². The topological polar surface area (TPSA) is 9.86 Å². The molecule has 1 atom stereocenters. The van der Waals surface area contributed by atoms with Gasteiger partial charge in [-0.05, 0) is 116 Å². The molecule has 0 bridgehead atoms. The number of benzene rings is 8. The Morgan fingerprint density at radius 2 is 0.950 bits per heavy atom. The second kappa shape index (κ2) is 12.9. The van der Waals surface area contributed by atoms with Crippen LogP contribution in [0.5, 0.6) is 0 Å². The number of nitrogens with zero attached hydrogens (tertiary/aromatic N) is 2. The van der Waals surface area contributed by atoms with Crippen LogP contribution in [0.4, 0.5) is 0 Å². The molecule has 13 rings (SSSR count). The van der Waals surface area contributed by atoms with Crippen molar-refractivity contribution in [2.24, 2.45) is 5.92 Å². The summed E-state index contributed by atoms with van der Waals surface area (Å²) in [6.45, 7) is 0. The molecule has 0 saturated heterocycles. The molecule has 0 aliphatic heterocycles. The molecule has 8 aromatic carbocycles. The Bertz CT molecular complexity index is 3430. The first-order valence-corrected chi connectivity index (χ1v) is 21.0. The summed E-state index contributed by atoms with van der Waals surface area (Å²) in [6.07, 6.45) is 9.58. The van der Waals surface area contributed by atoms with Crippen LogP contribution in [0.2, 0.25) is 0 Å². The quantitative estimate of drug-likeness (QED) is 0.165. The van der Waals surface area contributed by atoms with Gasteiger partial charge in [0.1, 0.15) is 0 Å². The molecule has 280 valence electrons. The van der Waals surface area contributed by atoms with E-state index in [4.69, 9.17) is 0 Å². The molecular formula is C58H38N2. The maximum Gasteiger partial charge on any atom is 0.0542 e. The zero-order valence-corrected chi connectivity index (χ0v) is 32.8. The molecule has 2 heteroatoms. The van der Waals surface area contributed by atoms with Gasteiger partial charge in [-0.25, -0.2) is 0 Å². The van der Waals surface area contributed by atoms with E-state index in [2.05, 4.69) is 228 Å². The van der Waals surface area contributed by atoms with Gasteiger partial charge in [-0.3, -0.25) is 0 Å². The standard InChI is InChI=1S/C58H38N2/c1-3-15-37(16-4-1)49-33-39-27-29-41(35-50(39)57(49)38-17-5-2-6-18-38)60-55-31-28-40(58-47-23-9-7-19-43(47)44-20-8-10-24-48(44)58)34-51(55)52-36-42(30-32-56(52)60)59-53-25-13-11-21-45(53)46-22-12-14-26-54(46)59/h1-36,50,58H. The number of fused-ring (bicyclic) bond motifs is 10. The molecule has 2 nitrogen and oxygen atoms in total. The lowest BCUT2D eigenvalue weighted by Gasteiger charge is -2.22. The smallest absolute Gasteiger partial charge is 0.0542 e. The van der Waals surface area contributed by atoms with E-state index in [1.165, 1.54) is 105 Å². The van der Waals surface area contributed by atoms with Crippen molar-refractivity contribution in [1.82, 2.24) is 9.13 Å². The third-order valence-corrected chi connectivity index (χ3v) is 13.3. The SMILES string of the molecule is C1=CC(n2c3ccc(C4c5ccccc5-c5ccccc54)cc3c3cc(-n4c5ccccc5c5ccccc54)ccc32)=CC2C1=CC(c1ccccc1)=C2c1ccccc1. The molecule has 2 aromatic heterocycles. The van der Waals surface area contributed by atoms with Crippen LogP contribution >= 0.6 is 0 Å². The van der Waals surface area contributed by atoms with Crippen molar-refractivity contribution in [3.63, 3.8) is 0 Å². The minimum Gasteiger partial charge on any atom is -0.310 e. The van der Waals surface area contributed by atoms with E-state index in [9.17, 15) is 0 Å². The van der Waals surface area contributed by atoms with E-state index < -0.39 is 0 Å². The second-order valence-corrected chi connectivity index (χ2v) is 16.4. The molecule has 0 amide bonds. The van der Waals surface area contributed by atoms with E-state index in [1.807, 2.05) is 0 Å². The Hall–Kier alpha value is -7.68. The average Bonchev–Trinajstić information content (AvgIpc) is 4.05. The van der Waals surface area contributed by atoms with Crippen LogP contribution < -0.4 is 0 Å². The number of aromatic nitrogens is 2. The Balaban J connectivity index is 1.05. The van der Waals surface area contributed by atoms with Crippen molar-refractivity contribution in [2.75, 3.05) is 0 Å². The summed E-state index contributed by atoms with van der Waals surface area (Å²) in [7, 11) is 0. The monoisotopic (exact) mass is 762 g/mol. The van der Waals surface area contributed by atoms with Gasteiger partial charge in [-0.1, -0.05) is 158 Å². The first-order chi connectivity index (χ1) is 29.8. The molecule has 10 aromatic rings. The Morgan fingerprint density at radius 1 is 0.400 bits per heavy atom. The van der Waals surface area contributed by atoms with Gasteiger partial charge < -0.3 is 9.13 Å². The highest BCUT2D eigenvalue weighted by Crippen LogP contribution is 2.50. The molecule has 60 heavy (non-hydrogen) atoms. The Morgan fingerprint density at radius 3 is 1.63 bits per heavy atom. The summed E-state index contributed by atoms with van der Waals surface area (Å²) in [6, 6.07) is 71.7. The Labute approximate surface area is 348 Å². The lowest BCUT2D eigenvalue weighted by Crippen LogP contribution is -2.07. The molecule has 0 spiro atoms. The molecule has 1 unspecified atom stereocenters. The minimum absolute atomic E-state index is 0.123. The zero-order valence-electron chi connectivity index (χ0n) is 32.8. The average molecular weight is 763 g/mol. The number of hydrogen-bond acceptors (Lipinski definition) is 0. The van der Waals surface area contributed by atoms with Crippen molar-refractivity contribution < 1.29 is 0 Å². The Kier molecular flexibility index (Phi) is 7.17. The molecule has 0 radical (unpaired) electrons. The summed E-state index contributed by atoms with van der Waals surface area (Å²) in [4.78, 5) is 0.